The lowest BCUT2D eigenvalue weighted by atomic mass is 10.0. The van der Waals surface area contributed by atoms with E-state index in [4.69, 9.17) is 9.15 Å². The lowest BCUT2D eigenvalue weighted by Gasteiger charge is -2.34. The zero-order valence-electron chi connectivity index (χ0n) is 13.1. The van der Waals surface area contributed by atoms with Gasteiger partial charge in [-0.1, -0.05) is 0 Å². The Kier molecular flexibility index (Phi) is 3.20. The predicted molar refractivity (Wildman–Crippen MR) is 80.5 cm³/mol. The first-order valence-electron chi connectivity index (χ1n) is 7.63. The summed E-state index contributed by atoms with van der Waals surface area (Å²) in [6.07, 6.45) is 2.04. The van der Waals surface area contributed by atoms with E-state index in [1.165, 1.54) is 17.9 Å². The van der Waals surface area contributed by atoms with E-state index in [-0.39, 0.29) is 24.8 Å². The molecule has 9 nitrogen and oxygen atoms in total. The Hall–Kier alpha value is -2.68. The molecule has 2 aromatic rings. The van der Waals surface area contributed by atoms with Gasteiger partial charge in [0.15, 0.2) is 11.6 Å². The van der Waals surface area contributed by atoms with E-state index in [2.05, 4.69) is 5.10 Å². The van der Waals surface area contributed by atoms with Gasteiger partial charge in [-0.25, -0.2) is 4.68 Å². The Morgan fingerprint density at radius 1 is 1.29 bits per heavy atom. The molecule has 1 spiro atoms. The van der Waals surface area contributed by atoms with Gasteiger partial charge >= 0.3 is 11.1 Å². The maximum Gasteiger partial charge on any atom is 0.332 e. The fraction of sp³-hybridized carbons (Fsp3) is 0.467. The summed E-state index contributed by atoms with van der Waals surface area (Å²) < 4.78 is 13.5. The number of carbonyl (C=O) groups excluding carboxylic acids is 1. The molecule has 1 atom stereocenters. The van der Waals surface area contributed by atoms with E-state index < -0.39 is 16.7 Å². The Balaban J connectivity index is 1.61. The van der Waals surface area contributed by atoms with E-state index in [1.807, 2.05) is 0 Å². The molecule has 0 aromatic carbocycles. The van der Waals surface area contributed by atoms with Crippen molar-refractivity contribution in [3.05, 3.63) is 50.7 Å². The number of amides is 1. The van der Waals surface area contributed by atoms with Gasteiger partial charge in [0.1, 0.15) is 12.2 Å². The summed E-state index contributed by atoms with van der Waals surface area (Å²) in [5, 5.41) is 4.07. The Labute approximate surface area is 136 Å². The van der Waals surface area contributed by atoms with E-state index in [1.54, 1.807) is 17.0 Å². The van der Waals surface area contributed by atoms with Crippen molar-refractivity contribution in [3.63, 3.8) is 0 Å². The molecule has 1 amide bonds. The van der Waals surface area contributed by atoms with Crippen molar-refractivity contribution in [2.45, 2.75) is 25.2 Å². The Morgan fingerprint density at radius 2 is 2.12 bits per heavy atom. The van der Waals surface area contributed by atoms with Gasteiger partial charge in [0.05, 0.1) is 19.4 Å². The monoisotopic (exact) mass is 332 g/mol. The number of nitrogens with zero attached hydrogens (tertiary/aromatic N) is 4. The third-order valence-corrected chi connectivity index (χ3v) is 4.59. The molecule has 2 aromatic heterocycles. The molecule has 4 rings (SSSR count). The van der Waals surface area contributed by atoms with Gasteiger partial charge in [-0.2, -0.15) is 5.10 Å². The third-order valence-electron chi connectivity index (χ3n) is 4.59. The van der Waals surface area contributed by atoms with Gasteiger partial charge in [0.25, 0.3) is 5.91 Å². The molecule has 0 bridgehead atoms. The zero-order valence-corrected chi connectivity index (χ0v) is 13.1. The number of likely N-dealkylation sites (tertiary alicyclic amines) is 1. The molecule has 1 saturated heterocycles. The van der Waals surface area contributed by atoms with E-state index in [9.17, 15) is 14.4 Å². The summed E-state index contributed by atoms with van der Waals surface area (Å²) in [6, 6.07) is 3.27. The molecule has 0 saturated carbocycles. The number of carbonyl (C=O) groups is 1. The minimum Gasteiger partial charge on any atom is -0.459 e. The highest BCUT2D eigenvalue weighted by molar-refractivity contribution is 5.91. The first-order valence-corrected chi connectivity index (χ1v) is 7.63. The van der Waals surface area contributed by atoms with Crippen LogP contribution < -0.4 is 11.1 Å². The maximum atomic E-state index is 12.4. The van der Waals surface area contributed by atoms with Crippen LogP contribution in [-0.2, 0) is 24.9 Å². The second-order valence-corrected chi connectivity index (χ2v) is 6.16. The standard InChI is InChI=1S/C15H16N4O5/c1-17-13(21)14(22)19-9-15(24-7-11(19)16-17)4-5-18(8-15)12(20)10-3-2-6-23-10/h2-3,6H,4-5,7-9H2,1H3. The average molecular weight is 332 g/mol. The third kappa shape index (κ3) is 2.20. The van der Waals surface area contributed by atoms with Gasteiger partial charge in [-0.15, -0.1) is 0 Å². The maximum absolute atomic E-state index is 12.4. The summed E-state index contributed by atoms with van der Waals surface area (Å²) in [7, 11) is 1.44. The number of hydrogen-bond acceptors (Lipinski definition) is 6. The molecule has 0 radical (unpaired) electrons. The predicted octanol–water partition coefficient (Wildman–Crippen LogP) is -0.650. The van der Waals surface area contributed by atoms with Gasteiger partial charge in [-0.05, 0) is 18.6 Å². The number of hydrogen-bond donors (Lipinski definition) is 0. The minimum atomic E-state index is -0.673. The van der Waals surface area contributed by atoms with Gasteiger partial charge in [0, 0.05) is 13.6 Å². The number of furan rings is 1. The molecule has 2 aliphatic heterocycles. The average Bonchev–Trinajstić information content (AvgIpc) is 3.24. The van der Waals surface area contributed by atoms with Crippen molar-refractivity contribution >= 4 is 5.91 Å². The highest BCUT2D eigenvalue weighted by Crippen LogP contribution is 2.31. The summed E-state index contributed by atoms with van der Waals surface area (Å²) in [4.78, 5) is 38.1. The first kappa shape index (κ1) is 14.9. The summed E-state index contributed by atoms with van der Waals surface area (Å²) in [5.74, 6) is 0.486. The van der Waals surface area contributed by atoms with Crippen LogP contribution in [0.15, 0.2) is 32.4 Å². The molecule has 1 unspecified atom stereocenters. The molecule has 126 valence electrons. The summed E-state index contributed by atoms with van der Waals surface area (Å²) in [6.45, 7) is 1.19. The number of ether oxygens (including phenoxy) is 1. The number of aromatic nitrogens is 3. The van der Waals surface area contributed by atoms with Crippen molar-refractivity contribution in [1.29, 1.82) is 0 Å². The second-order valence-electron chi connectivity index (χ2n) is 6.16. The lowest BCUT2D eigenvalue weighted by Crippen LogP contribution is -2.53. The largest absolute Gasteiger partial charge is 0.459 e. The Morgan fingerprint density at radius 3 is 2.88 bits per heavy atom. The minimum absolute atomic E-state index is 0.131. The van der Waals surface area contributed by atoms with Crippen molar-refractivity contribution < 1.29 is 13.9 Å². The SMILES string of the molecule is Cn1nc2n(c(=O)c1=O)CC1(CCN(C(=O)c3ccco3)C1)OC2. The van der Waals surface area contributed by atoms with Gasteiger partial charge in [-0.3, -0.25) is 19.0 Å². The normalized spacial score (nSPS) is 22.8. The Bertz CT molecular complexity index is 913. The summed E-state index contributed by atoms with van der Waals surface area (Å²) in [5.41, 5.74) is -1.95. The van der Waals surface area contributed by atoms with Crippen LogP contribution in [-0.4, -0.2) is 43.8 Å². The van der Waals surface area contributed by atoms with Crippen LogP contribution in [0.4, 0.5) is 0 Å². The van der Waals surface area contributed by atoms with E-state index in [0.717, 1.165) is 4.68 Å². The topological polar surface area (TPSA) is 99.6 Å². The van der Waals surface area contributed by atoms with Crippen LogP contribution in [0, 0.1) is 0 Å². The van der Waals surface area contributed by atoms with Crippen molar-refractivity contribution in [3.8, 4) is 0 Å². The summed E-state index contributed by atoms with van der Waals surface area (Å²) >= 11 is 0. The smallest absolute Gasteiger partial charge is 0.332 e. The second kappa shape index (κ2) is 5.17. The van der Waals surface area contributed by atoms with E-state index >= 15 is 0 Å². The van der Waals surface area contributed by atoms with Crippen LogP contribution in [0.1, 0.15) is 22.8 Å². The van der Waals surface area contributed by atoms with Crippen molar-refractivity contribution in [1.82, 2.24) is 19.2 Å². The zero-order chi connectivity index (χ0) is 16.9. The molecule has 24 heavy (non-hydrogen) atoms. The quantitative estimate of drug-likeness (QED) is 0.644. The first-order chi connectivity index (χ1) is 11.5. The molecule has 0 aliphatic carbocycles. The fourth-order valence-electron chi connectivity index (χ4n) is 3.29. The number of fused-ring (bicyclic) bond motifs is 1. The van der Waals surface area contributed by atoms with Crippen molar-refractivity contribution in [2.24, 2.45) is 7.05 Å². The van der Waals surface area contributed by atoms with Crippen LogP contribution in [0.25, 0.3) is 0 Å². The van der Waals surface area contributed by atoms with Gasteiger partial charge < -0.3 is 14.1 Å². The van der Waals surface area contributed by atoms with Crippen LogP contribution >= 0.6 is 0 Å². The molecular formula is C15H16N4O5. The molecule has 1 fully saturated rings. The number of rotatable bonds is 1. The highest BCUT2D eigenvalue weighted by Gasteiger charge is 2.45. The fourth-order valence-corrected chi connectivity index (χ4v) is 3.29. The van der Waals surface area contributed by atoms with Crippen LogP contribution in [0.2, 0.25) is 0 Å². The molecule has 4 heterocycles. The number of aryl methyl sites for hydroxylation is 1. The van der Waals surface area contributed by atoms with Gasteiger partial charge in [0.2, 0.25) is 0 Å². The molecule has 0 N–H and O–H groups in total. The molecule has 2 aliphatic rings. The van der Waals surface area contributed by atoms with Crippen LogP contribution in [0.3, 0.4) is 0 Å². The molecular weight excluding hydrogens is 316 g/mol. The lowest BCUT2D eigenvalue weighted by molar-refractivity contribution is -0.0842. The van der Waals surface area contributed by atoms with E-state index in [0.29, 0.717) is 25.3 Å². The van der Waals surface area contributed by atoms with Crippen molar-refractivity contribution in [2.75, 3.05) is 13.1 Å². The highest BCUT2D eigenvalue weighted by atomic mass is 16.5. The molecule has 9 heteroatoms. The van der Waals surface area contributed by atoms with Crippen LogP contribution in [0.5, 0.6) is 0 Å².